The summed E-state index contributed by atoms with van der Waals surface area (Å²) >= 11 is 0. The molecule has 2 atom stereocenters. The van der Waals surface area contributed by atoms with Gasteiger partial charge in [-0.05, 0) is 38.1 Å². The molecule has 2 nitrogen and oxygen atoms in total. The van der Waals surface area contributed by atoms with Crippen LogP contribution in [-0.2, 0) is 0 Å². The fraction of sp³-hybridized carbons (Fsp3) is 1.00. The summed E-state index contributed by atoms with van der Waals surface area (Å²) in [6, 6.07) is 1.15. The highest BCUT2D eigenvalue weighted by Crippen LogP contribution is 2.39. The summed E-state index contributed by atoms with van der Waals surface area (Å²) < 4.78 is 0. The molecule has 2 aliphatic rings. The molecule has 0 aromatic rings. The average Bonchev–Trinajstić information content (AvgIpc) is 2.06. The van der Waals surface area contributed by atoms with E-state index in [-0.39, 0.29) is 11.5 Å². The molecule has 2 unspecified atom stereocenters. The molecule has 88 valence electrons. The van der Waals surface area contributed by atoms with Crippen LogP contribution in [0.5, 0.6) is 0 Å². The molecule has 0 heterocycles. The Labute approximate surface area is 93.7 Å². The second-order valence-electron chi connectivity index (χ2n) is 6.14. The van der Waals surface area contributed by atoms with Crippen LogP contribution in [0.3, 0.4) is 0 Å². The van der Waals surface area contributed by atoms with Crippen LogP contribution in [-0.4, -0.2) is 35.2 Å². The lowest BCUT2D eigenvalue weighted by atomic mass is 9.71. The molecular weight excluding hydrogens is 186 g/mol. The van der Waals surface area contributed by atoms with Gasteiger partial charge in [-0.3, -0.25) is 4.90 Å². The first-order valence-electron chi connectivity index (χ1n) is 6.42. The van der Waals surface area contributed by atoms with Crippen LogP contribution in [0, 0.1) is 5.41 Å². The molecule has 2 aliphatic carbocycles. The van der Waals surface area contributed by atoms with Gasteiger partial charge in [-0.25, -0.2) is 0 Å². The van der Waals surface area contributed by atoms with Gasteiger partial charge in [0.1, 0.15) is 0 Å². The van der Waals surface area contributed by atoms with E-state index in [9.17, 15) is 5.11 Å². The van der Waals surface area contributed by atoms with E-state index in [0.717, 1.165) is 6.04 Å². The second kappa shape index (κ2) is 4.06. The van der Waals surface area contributed by atoms with Gasteiger partial charge in [0.05, 0.1) is 6.10 Å². The van der Waals surface area contributed by atoms with Crippen molar-refractivity contribution < 1.29 is 5.11 Å². The van der Waals surface area contributed by atoms with Crippen LogP contribution in [0.25, 0.3) is 0 Å². The van der Waals surface area contributed by atoms with Crippen molar-refractivity contribution in [1.82, 2.24) is 4.90 Å². The highest BCUT2D eigenvalue weighted by atomic mass is 16.3. The third kappa shape index (κ3) is 2.07. The maximum absolute atomic E-state index is 10.4. The Morgan fingerprint density at radius 3 is 2.33 bits per heavy atom. The first kappa shape index (κ1) is 11.4. The average molecular weight is 211 g/mol. The first-order chi connectivity index (χ1) is 7.02. The maximum Gasteiger partial charge on any atom is 0.0746 e. The number of rotatable bonds is 2. The Morgan fingerprint density at radius 2 is 1.80 bits per heavy atom. The van der Waals surface area contributed by atoms with E-state index in [1.165, 1.54) is 38.5 Å². The smallest absolute Gasteiger partial charge is 0.0746 e. The fourth-order valence-corrected chi connectivity index (χ4v) is 3.08. The summed E-state index contributed by atoms with van der Waals surface area (Å²) in [5.41, 5.74) is 0.112. The highest BCUT2D eigenvalue weighted by molar-refractivity contribution is 4.95. The van der Waals surface area contributed by atoms with Gasteiger partial charge in [-0.15, -0.1) is 0 Å². The number of hydrogen-bond acceptors (Lipinski definition) is 2. The van der Waals surface area contributed by atoms with Crippen molar-refractivity contribution in [2.45, 2.75) is 70.6 Å². The Balaban J connectivity index is 2.00. The van der Waals surface area contributed by atoms with Gasteiger partial charge in [0, 0.05) is 12.1 Å². The molecule has 1 N–H and O–H groups in total. The van der Waals surface area contributed by atoms with E-state index in [2.05, 4.69) is 25.8 Å². The van der Waals surface area contributed by atoms with E-state index in [1.54, 1.807) is 0 Å². The van der Waals surface area contributed by atoms with Crippen LogP contribution < -0.4 is 0 Å². The van der Waals surface area contributed by atoms with E-state index in [1.807, 2.05) is 0 Å². The lowest BCUT2D eigenvalue weighted by Crippen LogP contribution is -2.55. The minimum Gasteiger partial charge on any atom is -0.391 e. The number of likely N-dealkylation sites (N-methyl/N-ethyl adjacent to an activating group) is 1. The lowest BCUT2D eigenvalue weighted by Gasteiger charge is -2.48. The molecule has 0 bridgehead atoms. The van der Waals surface area contributed by atoms with E-state index in [0.29, 0.717) is 6.04 Å². The fourth-order valence-electron chi connectivity index (χ4n) is 3.08. The van der Waals surface area contributed by atoms with E-state index < -0.39 is 0 Å². The van der Waals surface area contributed by atoms with E-state index in [4.69, 9.17) is 0 Å². The van der Waals surface area contributed by atoms with Crippen molar-refractivity contribution >= 4 is 0 Å². The number of nitrogens with zero attached hydrogens (tertiary/aromatic N) is 1. The van der Waals surface area contributed by atoms with Crippen LogP contribution in [0.1, 0.15) is 52.4 Å². The van der Waals surface area contributed by atoms with Gasteiger partial charge in [-0.1, -0.05) is 26.7 Å². The molecule has 2 fully saturated rings. The van der Waals surface area contributed by atoms with Gasteiger partial charge in [0.2, 0.25) is 0 Å². The summed E-state index contributed by atoms with van der Waals surface area (Å²) in [6.45, 7) is 4.41. The van der Waals surface area contributed by atoms with Gasteiger partial charge >= 0.3 is 0 Å². The van der Waals surface area contributed by atoms with Crippen LogP contribution in [0.2, 0.25) is 0 Å². The summed E-state index contributed by atoms with van der Waals surface area (Å²) in [6.07, 6.45) is 7.52. The van der Waals surface area contributed by atoms with Gasteiger partial charge in [-0.2, -0.15) is 0 Å². The third-order valence-corrected chi connectivity index (χ3v) is 4.66. The standard InChI is InChI=1S/C13H25NO/c1-13(2)9-5-8-11(12(13)15)14(3)10-6-4-7-10/h10-12,15H,4-9H2,1-3H3. The van der Waals surface area contributed by atoms with Crippen molar-refractivity contribution in [1.29, 1.82) is 0 Å². The minimum atomic E-state index is -0.142. The highest BCUT2D eigenvalue weighted by Gasteiger charge is 2.41. The number of aliphatic hydroxyl groups is 1. The predicted molar refractivity (Wildman–Crippen MR) is 62.8 cm³/mol. The zero-order valence-corrected chi connectivity index (χ0v) is 10.4. The van der Waals surface area contributed by atoms with Crippen LogP contribution in [0.15, 0.2) is 0 Å². The summed E-state index contributed by atoms with van der Waals surface area (Å²) in [5.74, 6) is 0. The largest absolute Gasteiger partial charge is 0.391 e. The van der Waals surface area contributed by atoms with Crippen LogP contribution >= 0.6 is 0 Å². The molecule has 15 heavy (non-hydrogen) atoms. The minimum absolute atomic E-state index is 0.112. The molecule has 0 aliphatic heterocycles. The Bertz CT molecular complexity index is 223. The zero-order valence-electron chi connectivity index (χ0n) is 10.4. The molecule has 0 amide bonds. The molecule has 0 saturated heterocycles. The normalized spacial score (nSPS) is 36.6. The topological polar surface area (TPSA) is 23.5 Å². The summed E-state index contributed by atoms with van der Waals surface area (Å²) in [7, 11) is 2.21. The molecule has 0 radical (unpaired) electrons. The maximum atomic E-state index is 10.4. The van der Waals surface area contributed by atoms with Gasteiger partial charge in [0.25, 0.3) is 0 Å². The first-order valence-corrected chi connectivity index (χ1v) is 6.42. The molecule has 0 aromatic carbocycles. The van der Waals surface area contributed by atoms with Gasteiger partial charge < -0.3 is 5.11 Å². The Kier molecular flexibility index (Phi) is 3.09. The van der Waals surface area contributed by atoms with Crippen molar-refractivity contribution in [3.8, 4) is 0 Å². The summed E-state index contributed by atoms with van der Waals surface area (Å²) in [5, 5.41) is 10.4. The Morgan fingerprint density at radius 1 is 1.13 bits per heavy atom. The summed E-state index contributed by atoms with van der Waals surface area (Å²) in [4.78, 5) is 2.45. The molecule has 2 saturated carbocycles. The molecule has 0 aromatic heterocycles. The van der Waals surface area contributed by atoms with E-state index >= 15 is 0 Å². The molecule has 0 spiro atoms. The second-order valence-corrected chi connectivity index (χ2v) is 6.14. The SMILES string of the molecule is CN(C1CCC1)C1CCCC(C)(C)C1O. The van der Waals surface area contributed by atoms with Crippen molar-refractivity contribution in [3.63, 3.8) is 0 Å². The zero-order chi connectivity index (χ0) is 11.1. The van der Waals surface area contributed by atoms with Gasteiger partial charge in [0.15, 0.2) is 0 Å². The monoisotopic (exact) mass is 211 g/mol. The quantitative estimate of drug-likeness (QED) is 0.758. The number of aliphatic hydroxyl groups excluding tert-OH is 1. The van der Waals surface area contributed by atoms with Crippen molar-refractivity contribution in [2.24, 2.45) is 5.41 Å². The van der Waals surface area contributed by atoms with Crippen molar-refractivity contribution in [2.75, 3.05) is 7.05 Å². The molecule has 2 heteroatoms. The Hall–Kier alpha value is -0.0800. The molecular formula is C13H25NO. The molecule has 2 rings (SSSR count). The predicted octanol–water partition coefficient (Wildman–Crippen LogP) is 2.41. The third-order valence-electron chi connectivity index (χ3n) is 4.66. The van der Waals surface area contributed by atoms with Crippen molar-refractivity contribution in [3.05, 3.63) is 0 Å². The lowest BCUT2D eigenvalue weighted by molar-refractivity contribution is -0.0694. The number of hydrogen-bond donors (Lipinski definition) is 1. The van der Waals surface area contributed by atoms with Crippen LogP contribution in [0.4, 0.5) is 0 Å².